The molecule has 0 aliphatic rings. The first-order valence-corrected chi connectivity index (χ1v) is 9.16. The van der Waals surface area contributed by atoms with Crippen molar-refractivity contribution in [3.63, 3.8) is 0 Å². The highest BCUT2D eigenvalue weighted by atomic mass is 79.9. The Hall–Kier alpha value is -2.47. The largest absolute Gasteiger partial charge is 0.493 e. The van der Waals surface area contributed by atoms with E-state index in [9.17, 15) is 0 Å². The van der Waals surface area contributed by atoms with Gasteiger partial charge in [0.1, 0.15) is 5.82 Å². The van der Waals surface area contributed by atoms with E-state index in [4.69, 9.17) is 14.6 Å². The van der Waals surface area contributed by atoms with Crippen LogP contribution in [0, 0.1) is 0 Å². The van der Waals surface area contributed by atoms with Gasteiger partial charge in [0.2, 0.25) is 0 Å². The van der Waals surface area contributed by atoms with E-state index < -0.39 is 0 Å². The summed E-state index contributed by atoms with van der Waals surface area (Å²) in [5.41, 5.74) is 2.89. The van der Waals surface area contributed by atoms with Gasteiger partial charge in [-0.15, -0.1) is 0 Å². The Morgan fingerprint density at radius 2 is 1.65 bits per heavy atom. The molecule has 5 nitrogen and oxygen atoms in total. The van der Waals surface area contributed by atoms with E-state index in [2.05, 4.69) is 41.2 Å². The third kappa shape index (κ3) is 3.70. The molecule has 1 N–H and O–H groups in total. The summed E-state index contributed by atoms with van der Waals surface area (Å²) in [4.78, 5) is 0. The number of nitrogens with one attached hydrogen (secondary N) is 1. The zero-order chi connectivity index (χ0) is 18.7. The van der Waals surface area contributed by atoms with E-state index in [1.54, 1.807) is 14.2 Å². The highest BCUT2D eigenvalue weighted by Crippen LogP contribution is 2.38. The molecule has 0 atom stereocenters. The van der Waals surface area contributed by atoms with E-state index in [1.807, 2.05) is 47.1 Å². The molecule has 2 aromatic carbocycles. The fourth-order valence-corrected chi connectivity index (χ4v) is 3.05. The lowest BCUT2D eigenvalue weighted by Gasteiger charge is -2.14. The maximum Gasteiger partial charge on any atom is 0.162 e. The maximum atomic E-state index is 5.42. The fourth-order valence-electron chi connectivity index (χ4n) is 2.62. The van der Waals surface area contributed by atoms with E-state index in [1.165, 1.54) is 0 Å². The minimum Gasteiger partial charge on any atom is -0.493 e. The van der Waals surface area contributed by atoms with Crippen molar-refractivity contribution in [3.05, 3.63) is 58.7 Å². The number of aromatic nitrogens is 2. The second kappa shape index (κ2) is 7.83. The van der Waals surface area contributed by atoms with E-state index >= 15 is 0 Å². The van der Waals surface area contributed by atoms with Gasteiger partial charge in [-0.2, -0.15) is 5.10 Å². The third-order valence-electron chi connectivity index (χ3n) is 4.06. The van der Waals surface area contributed by atoms with Gasteiger partial charge in [0.05, 0.1) is 31.3 Å². The summed E-state index contributed by atoms with van der Waals surface area (Å²) in [5.74, 6) is 2.54. The average Bonchev–Trinajstić information content (AvgIpc) is 3.08. The first-order valence-electron chi connectivity index (χ1n) is 8.37. The first-order chi connectivity index (χ1) is 12.5. The molecule has 3 aromatic rings. The quantitative estimate of drug-likeness (QED) is 0.575. The summed E-state index contributed by atoms with van der Waals surface area (Å²) in [6.07, 6.45) is 0. The predicted octanol–water partition coefficient (Wildman–Crippen LogP) is 5.52. The van der Waals surface area contributed by atoms with Crippen molar-refractivity contribution in [2.24, 2.45) is 0 Å². The van der Waals surface area contributed by atoms with Crippen molar-refractivity contribution < 1.29 is 9.47 Å². The Labute approximate surface area is 162 Å². The molecule has 136 valence electrons. The molecule has 0 bridgehead atoms. The van der Waals surface area contributed by atoms with Gasteiger partial charge < -0.3 is 14.8 Å². The predicted molar refractivity (Wildman–Crippen MR) is 108 cm³/mol. The summed E-state index contributed by atoms with van der Waals surface area (Å²) in [5, 5.41) is 8.22. The maximum absolute atomic E-state index is 5.42. The van der Waals surface area contributed by atoms with Gasteiger partial charge in [-0.1, -0.05) is 32.0 Å². The van der Waals surface area contributed by atoms with Crippen molar-refractivity contribution in [1.29, 1.82) is 0 Å². The number of hydrogen-bond donors (Lipinski definition) is 1. The highest BCUT2D eigenvalue weighted by molar-refractivity contribution is 9.10. The zero-order valence-corrected chi connectivity index (χ0v) is 16.9. The van der Waals surface area contributed by atoms with Crippen LogP contribution in [0.1, 0.15) is 25.5 Å². The van der Waals surface area contributed by atoms with Crippen molar-refractivity contribution in [3.8, 4) is 17.2 Å². The fraction of sp³-hybridized carbons (Fsp3) is 0.250. The molecular weight excluding hydrogens is 394 g/mol. The molecule has 0 aliphatic heterocycles. The smallest absolute Gasteiger partial charge is 0.162 e. The molecule has 0 aliphatic carbocycles. The van der Waals surface area contributed by atoms with E-state index in [-0.39, 0.29) is 0 Å². The molecule has 0 saturated carbocycles. The Bertz CT molecular complexity index is 892. The molecule has 0 fully saturated rings. The zero-order valence-electron chi connectivity index (χ0n) is 15.3. The Morgan fingerprint density at radius 1 is 1.00 bits per heavy atom. The summed E-state index contributed by atoms with van der Waals surface area (Å²) >= 11 is 3.60. The van der Waals surface area contributed by atoms with Crippen LogP contribution in [-0.2, 0) is 0 Å². The number of nitrogens with zero attached hydrogens (tertiary/aromatic N) is 2. The van der Waals surface area contributed by atoms with E-state index in [0.29, 0.717) is 17.4 Å². The van der Waals surface area contributed by atoms with Crippen LogP contribution in [0.15, 0.2) is 53.0 Å². The second-order valence-electron chi connectivity index (χ2n) is 6.17. The first kappa shape index (κ1) is 18.3. The van der Waals surface area contributed by atoms with Gasteiger partial charge >= 0.3 is 0 Å². The lowest BCUT2D eigenvalue weighted by Crippen LogP contribution is -2.03. The Morgan fingerprint density at radius 3 is 2.27 bits per heavy atom. The lowest BCUT2D eigenvalue weighted by atomic mass is 10.1. The van der Waals surface area contributed by atoms with Gasteiger partial charge in [0.25, 0.3) is 0 Å². The van der Waals surface area contributed by atoms with Crippen molar-refractivity contribution >= 4 is 27.4 Å². The number of hydrogen-bond acceptors (Lipinski definition) is 4. The van der Waals surface area contributed by atoms with Gasteiger partial charge in [-0.3, -0.25) is 0 Å². The van der Waals surface area contributed by atoms with Crippen LogP contribution in [0.2, 0.25) is 0 Å². The normalized spacial score (nSPS) is 10.8. The second-order valence-corrected chi connectivity index (χ2v) is 7.02. The van der Waals surface area contributed by atoms with Crippen LogP contribution < -0.4 is 14.8 Å². The number of methoxy groups -OCH3 is 2. The standard InChI is InChI=1S/C20H22BrN3O2/c1-13(2)16-12-20(24(23-16)14-8-6-5-7-9-14)22-17-11-19(26-4)18(25-3)10-15(17)21/h5-13,22H,1-4H3. The molecule has 0 saturated heterocycles. The number of rotatable bonds is 6. The topological polar surface area (TPSA) is 48.3 Å². The number of benzene rings is 2. The number of anilines is 2. The van der Waals surface area contributed by atoms with Gasteiger partial charge in [0, 0.05) is 22.7 Å². The minimum atomic E-state index is 0.328. The highest BCUT2D eigenvalue weighted by Gasteiger charge is 2.15. The van der Waals surface area contributed by atoms with Crippen molar-refractivity contribution in [2.45, 2.75) is 19.8 Å². The molecule has 26 heavy (non-hydrogen) atoms. The van der Waals surface area contributed by atoms with Gasteiger partial charge in [-0.25, -0.2) is 4.68 Å². The molecule has 0 amide bonds. The minimum absolute atomic E-state index is 0.328. The Kier molecular flexibility index (Phi) is 5.52. The molecule has 3 rings (SSSR count). The van der Waals surface area contributed by atoms with E-state index in [0.717, 1.165) is 27.4 Å². The van der Waals surface area contributed by atoms with Gasteiger partial charge in [-0.05, 0) is 34.0 Å². The summed E-state index contributed by atoms with van der Waals surface area (Å²) < 4.78 is 13.6. The monoisotopic (exact) mass is 415 g/mol. The van der Waals surface area contributed by atoms with Crippen LogP contribution >= 0.6 is 15.9 Å². The molecule has 1 heterocycles. The molecular formula is C20H22BrN3O2. The summed E-state index contributed by atoms with van der Waals surface area (Å²) in [6.45, 7) is 4.27. The molecule has 1 aromatic heterocycles. The number of para-hydroxylation sites is 1. The van der Waals surface area contributed by atoms with Crippen LogP contribution in [-0.4, -0.2) is 24.0 Å². The number of ether oxygens (including phenoxy) is 2. The van der Waals surface area contributed by atoms with Crippen LogP contribution in [0.5, 0.6) is 11.5 Å². The van der Waals surface area contributed by atoms with Crippen LogP contribution in [0.25, 0.3) is 5.69 Å². The lowest BCUT2D eigenvalue weighted by molar-refractivity contribution is 0.355. The van der Waals surface area contributed by atoms with Crippen LogP contribution in [0.4, 0.5) is 11.5 Å². The number of halogens is 1. The SMILES string of the molecule is COc1cc(Br)c(Nc2cc(C(C)C)nn2-c2ccccc2)cc1OC. The molecule has 0 unspecified atom stereocenters. The average molecular weight is 416 g/mol. The van der Waals surface area contributed by atoms with Crippen molar-refractivity contribution in [2.75, 3.05) is 19.5 Å². The summed E-state index contributed by atoms with van der Waals surface area (Å²) in [7, 11) is 3.25. The summed E-state index contributed by atoms with van der Waals surface area (Å²) in [6, 6.07) is 15.9. The Balaban J connectivity index is 2.05. The third-order valence-corrected chi connectivity index (χ3v) is 4.71. The van der Waals surface area contributed by atoms with Gasteiger partial charge in [0.15, 0.2) is 11.5 Å². The molecule has 6 heteroatoms. The molecule has 0 spiro atoms. The van der Waals surface area contributed by atoms with Crippen LogP contribution in [0.3, 0.4) is 0 Å². The van der Waals surface area contributed by atoms with Crippen molar-refractivity contribution in [1.82, 2.24) is 9.78 Å². The molecule has 0 radical (unpaired) electrons.